The second-order valence-corrected chi connectivity index (χ2v) is 7.45. The molecule has 1 saturated heterocycles. The van der Waals surface area contributed by atoms with E-state index in [-0.39, 0.29) is 5.91 Å². The first-order valence-corrected chi connectivity index (χ1v) is 9.41. The van der Waals surface area contributed by atoms with Crippen LogP contribution in [0.4, 0.5) is 0 Å². The minimum atomic E-state index is -0.460. The van der Waals surface area contributed by atoms with E-state index in [1.54, 1.807) is 4.90 Å². The molecule has 0 radical (unpaired) electrons. The molecule has 1 unspecified atom stereocenters. The van der Waals surface area contributed by atoms with Crippen molar-refractivity contribution >= 4 is 16.8 Å². The maximum atomic E-state index is 12.8. The van der Waals surface area contributed by atoms with Gasteiger partial charge in [0, 0.05) is 31.0 Å². The van der Waals surface area contributed by atoms with Crippen molar-refractivity contribution < 1.29 is 9.90 Å². The van der Waals surface area contributed by atoms with Gasteiger partial charge in [-0.2, -0.15) is 0 Å². The number of hydrogen-bond donors (Lipinski definition) is 1. The normalized spacial score (nSPS) is 20.1. The summed E-state index contributed by atoms with van der Waals surface area (Å²) in [5, 5.41) is 11.9. The molecule has 134 valence electrons. The van der Waals surface area contributed by atoms with Crippen molar-refractivity contribution in [3.05, 3.63) is 35.5 Å². The summed E-state index contributed by atoms with van der Waals surface area (Å²) in [6.07, 6.45) is 4.16. The number of likely N-dealkylation sites (N-methyl/N-ethyl adjacent to an activating group) is 1. The van der Waals surface area contributed by atoms with E-state index >= 15 is 0 Å². The Morgan fingerprint density at radius 1 is 1.08 bits per heavy atom. The van der Waals surface area contributed by atoms with Gasteiger partial charge in [0.1, 0.15) is 5.69 Å². The summed E-state index contributed by atoms with van der Waals surface area (Å²) >= 11 is 0. The van der Waals surface area contributed by atoms with E-state index < -0.39 is 6.10 Å². The van der Waals surface area contributed by atoms with Crippen molar-refractivity contribution in [1.29, 1.82) is 0 Å². The number of benzene rings is 1. The molecular formula is C20H27N3O2. The lowest BCUT2D eigenvalue weighted by atomic mass is 10.0. The summed E-state index contributed by atoms with van der Waals surface area (Å²) in [6.45, 7) is 4.07. The van der Waals surface area contributed by atoms with Crippen LogP contribution in [0.25, 0.3) is 10.9 Å². The molecule has 5 heteroatoms. The second kappa shape index (κ2) is 6.81. The number of carbonyl (C=O) groups is 1. The Labute approximate surface area is 148 Å². The van der Waals surface area contributed by atoms with E-state index in [1.165, 1.54) is 19.3 Å². The van der Waals surface area contributed by atoms with Crippen molar-refractivity contribution in [2.45, 2.75) is 38.3 Å². The van der Waals surface area contributed by atoms with Crippen LogP contribution in [0.5, 0.6) is 0 Å². The number of carbonyl (C=O) groups excluding carboxylic acids is 1. The molecule has 25 heavy (non-hydrogen) atoms. The van der Waals surface area contributed by atoms with E-state index in [2.05, 4.69) is 21.6 Å². The van der Waals surface area contributed by atoms with E-state index in [9.17, 15) is 9.90 Å². The zero-order chi connectivity index (χ0) is 17.4. The zero-order valence-electron chi connectivity index (χ0n) is 14.9. The lowest BCUT2D eigenvalue weighted by molar-refractivity contribution is 0.0743. The highest BCUT2D eigenvalue weighted by molar-refractivity contribution is 6.02. The summed E-state index contributed by atoms with van der Waals surface area (Å²) in [4.78, 5) is 16.9. The van der Waals surface area contributed by atoms with E-state index in [4.69, 9.17) is 0 Å². The minimum Gasteiger partial charge on any atom is -0.390 e. The Balaban J connectivity index is 1.65. The predicted octanol–water partition coefficient (Wildman–Crippen LogP) is 2.12. The first-order valence-electron chi connectivity index (χ1n) is 9.41. The molecular weight excluding hydrogens is 314 g/mol. The monoisotopic (exact) mass is 341 g/mol. The fourth-order valence-corrected chi connectivity index (χ4v) is 4.33. The number of fused-ring (bicyclic) bond motifs is 3. The standard InChI is InChI=1S/C20H27N3O2/c1-21-12-9-17-16-7-3-4-8-18(16)23(19(17)20(21)25)14-15(24)13-22-10-5-2-6-11-22/h3-4,7-8,15,24H,2,5-6,9-14H2,1H3. The topological polar surface area (TPSA) is 48.7 Å². The maximum absolute atomic E-state index is 12.8. The third-order valence-electron chi connectivity index (χ3n) is 5.63. The summed E-state index contributed by atoms with van der Waals surface area (Å²) in [6, 6.07) is 8.20. The SMILES string of the molecule is CN1CCc2c(n(CC(O)CN3CCCCC3)c3ccccc23)C1=O. The largest absolute Gasteiger partial charge is 0.390 e. The Hall–Kier alpha value is -1.85. The molecule has 1 atom stereocenters. The van der Waals surface area contributed by atoms with Crippen LogP contribution in [0.15, 0.2) is 24.3 Å². The summed E-state index contributed by atoms with van der Waals surface area (Å²) in [7, 11) is 1.86. The van der Waals surface area contributed by atoms with E-state index in [1.807, 2.05) is 19.2 Å². The molecule has 2 aliphatic rings. The van der Waals surface area contributed by atoms with E-state index in [0.717, 1.165) is 48.2 Å². The minimum absolute atomic E-state index is 0.0719. The van der Waals surface area contributed by atoms with Crippen molar-refractivity contribution in [3.63, 3.8) is 0 Å². The number of hydrogen-bond acceptors (Lipinski definition) is 3. The predicted molar refractivity (Wildman–Crippen MR) is 98.9 cm³/mol. The first-order chi connectivity index (χ1) is 12.1. The number of rotatable bonds is 4. The molecule has 1 N–H and O–H groups in total. The fraction of sp³-hybridized carbons (Fsp3) is 0.550. The number of piperidine rings is 1. The smallest absolute Gasteiger partial charge is 0.270 e. The van der Waals surface area contributed by atoms with Gasteiger partial charge in [-0.05, 0) is 44.0 Å². The molecule has 1 aromatic carbocycles. The Morgan fingerprint density at radius 2 is 1.84 bits per heavy atom. The molecule has 4 rings (SSSR count). The third kappa shape index (κ3) is 3.07. The number of β-amino-alcohol motifs (C(OH)–C–C–N with tert-alkyl or cyclic N) is 1. The van der Waals surface area contributed by atoms with Crippen LogP contribution in [-0.2, 0) is 13.0 Å². The molecule has 0 aliphatic carbocycles. The Morgan fingerprint density at radius 3 is 2.64 bits per heavy atom. The number of amides is 1. The van der Waals surface area contributed by atoms with Crippen LogP contribution in [0.1, 0.15) is 35.3 Å². The summed E-state index contributed by atoms with van der Waals surface area (Å²) in [5.41, 5.74) is 2.98. The molecule has 0 saturated carbocycles. The number of aromatic nitrogens is 1. The molecule has 1 aromatic heterocycles. The van der Waals surface area contributed by atoms with Crippen molar-refractivity contribution in [3.8, 4) is 0 Å². The highest BCUT2D eigenvalue weighted by Gasteiger charge is 2.29. The number of para-hydroxylation sites is 1. The van der Waals surface area contributed by atoms with Gasteiger partial charge < -0.3 is 19.5 Å². The van der Waals surface area contributed by atoms with Crippen LogP contribution in [0, 0.1) is 0 Å². The molecule has 3 heterocycles. The average Bonchev–Trinajstić information content (AvgIpc) is 2.93. The Kier molecular flexibility index (Phi) is 4.52. The van der Waals surface area contributed by atoms with Crippen LogP contribution in [-0.4, -0.2) is 64.7 Å². The van der Waals surface area contributed by atoms with Gasteiger partial charge in [0.05, 0.1) is 12.6 Å². The molecule has 0 spiro atoms. The lowest BCUT2D eigenvalue weighted by Crippen LogP contribution is -2.39. The van der Waals surface area contributed by atoms with Gasteiger partial charge in [-0.25, -0.2) is 0 Å². The van der Waals surface area contributed by atoms with Crippen molar-refractivity contribution in [1.82, 2.24) is 14.4 Å². The number of aliphatic hydroxyl groups is 1. The molecule has 1 amide bonds. The molecule has 2 aliphatic heterocycles. The highest BCUT2D eigenvalue weighted by atomic mass is 16.3. The third-order valence-corrected chi connectivity index (χ3v) is 5.63. The van der Waals surface area contributed by atoms with Gasteiger partial charge >= 0.3 is 0 Å². The van der Waals surface area contributed by atoms with Gasteiger partial charge in [-0.3, -0.25) is 4.79 Å². The lowest BCUT2D eigenvalue weighted by Gasteiger charge is -2.29. The number of aliphatic hydroxyl groups excluding tert-OH is 1. The maximum Gasteiger partial charge on any atom is 0.270 e. The molecule has 1 fully saturated rings. The average molecular weight is 341 g/mol. The molecule has 5 nitrogen and oxygen atoms in total. The van der Waals surface area contributed by atoms with E-state index in [0.29, 0.717) is 13.1 Å². The first kappa shape index (κ1) is 16.6. The zero-order valence-corrected chi connectivity index (χ0v) is 14.9. The van der Waals surface area contributed by atoms with Crippen LogP contribution in [0.2, 0.25) is 0 Å². The molecule has 0 bridgehead atoms. The van der Waals surface area contributed by atoms with Crippen molar-refractivity contribution in [2.75, 3.05) is 33.2 Å². The van der Waals surface area contributed by atoms with Crippen LogP contribution in [0.3, 0.4) is 0 Å². The van der Waals surface area contributed by atoms with Gasteiger partial charge in [-0.15, -0.1) is 0 Å². The molecule has 2 aromatic rings. The summed E-state index contributed by atoms with van der Waals surface area (Å²) in [5.74, 6) is 0.0719. The highest BCUT2D eigenvalue weighted by Crippen LogP contribution is 2.30. The second-order valence-electron chi connectivity index (χ2n) is 7.45. The van der Waals surface area contributed by atoms with Gasteiger partial charge in [0.15, 0.2) is 0 Å². The van der Waals surface area contributed by atoms with Crippen LogP contribution >= 0.6 is 0 Å². The Bertz CT molecular complexity index is 777. The van der Waals surface area contributed by atoms with Crippen molar-refractivity contribution in [2.24, 2.45) is 0 Å². The number of nitrogens with zero attached hydrogens (tertiary/aromatic N) is 3. The van der Waals surface area contributed by atoms with Gasteiger partial charge in [-0.1, -0.05) is 24.6 Å². The van der Waals surface area contributed by atoms with Gasteiger partial charge in [0.2, 0.25) is 0 Å². The number of likely N-dealkylation sites (tertiary alicyclic amines) is 1. The quantitative estimate of drug-likeness (QED) is 0.927. The summed E-state index contributed by atoms with van der Waals surface area (Å²) < 4.78 is 2.05. The van der Waals surface area contributed by atoms with Crippen LogP contribution < -0.4 is 0 Å². The van der Waals surface area contributed by atoms with Gasteiger partial charge in [0.25, 0.3) is 5.91 Å². The fourth-order valence-electron chi connectivity index (χ4n) is 4.33.